The summed E-state index contributed by atoms with van der Waals surface area (Å²) in [6.07, 6.45) is 3.88. The van der Waals surface area contributed by atoms with Crippen LogP contribution in [0, 0.1) is 0 Å². The topological polar surface area (TPSA) is 49.4 Å². The number of sulfonamides is 1. The molecule has 0 aromatic heterocycles. The van der Waals surface area contributed by atoms with Gasteiger partial charge in [-0.2, -0.15) is 4.31 Å². The minimum atomic E-state index is -3.38. The summed E-state index contributed by atoms with van der Waals surface area (Å²) in [7, 11) is -3.38. The predicted octanol–water partition coefficient (Wildman–Crippen LogP) is 2.53. The van der Waals surface area contributed by atoms with E-state index >= 15 is 0 Å². The van der Waals surface area contributed by atoms with Crippen LogP contribution in [-0.2, 0) is 16.6 Å². The van der Waals surface area contributed by atoms with Gasteiger partial charge in [-0.15, -0.1) is 0 Å². The number of rotatable bonds is 6. The number of hydrogen-bond donors (Lipinski definition) is 1. The Balaban J connectivity index is 2.14. The van der Waals surface area contributed by atoms with Gasteiger partial charge in [-0.25, -0.2) is 8.42 Å². The first-order valence-corrected chi connectivity index (χ1v) is 8.93. The van der Waals surface area contributed by atoms with Crippen LogP contribution in [0.25, 0.3) is 0 Å². The van der Waals surface area contributed by atoms with Crippen molar-refractivity contribution in [3.63, 3.8) is 0 Å². The first kappa shape index (κ1) is 16.2. The SMILES string of the molecule is CCCNCc1cccc(S(=O)(=O)N2CC=C(C)CC2)c1. The van der Waals surface area contributed by atoms with Crippen LogP contribution >= 0.6 is 0 Å². The van der Waals surface area contributed by atoms with Gasteiger partial charge in [0.1, 0.15) is 0 Å². The van der Waals surface area contributed by atoms with E-state index in [0.29, 0.717) is 24.5 Å². The molecule has 1 N–H and O–H groups in total. The van der Waals surface area contributed by atoms with E-state index in [1.165, 1.54) is 5.57 Å². The lowest BCUT2D eigenvalue weighted by Gasteiger charge is -2.25. The molecule has 1 aliphatic heterocycles. The summed E-state index contributed by atoms with van der Waals surface area (Å²) in [6.45, 7) is 6.85. The fraction of sp³-hybridized carbons (Fsp3) is 0.500. The van der Waals surface area contributed by atoms with Crippen LogP contribution in [-0.4, -0.2) is 32.4 Å². The molecule has 2 rings (SSSR count). The number of benzene rings is 1. The smallest absolute Gasteiger partial charge is 0.243 e. The van der Waals surface area contributed by atoms with Crippen molar-refractivity contribution in [1.29, 1.82) is 0 Å². The predicted molar refractivity (Wildman–Crippen MR) is 85.6 cm³/mol. The molecule has 116 valence electrons. The van der Waals surface area contributed by atoms with Crippen molar-refractivity contribution in [1.82, 2.24) is 9.62 Å². The molecule has 0 spiro atoms. The third-order valence-electron chi connectivity index (χ3n) is 3.69. The molecule has 1 aromatic rings. The van der Waals surface area contributed by atoms with Gasteiger partial charge >= 0.3 is 0 Å². The Morgan fingerprint density at radius 1 is 1.33 bits per heavy atom. The second kappa shape index (κ2) is 7.20. The van der Waals surface area contributed by atoms with Gasteiger partial charge in [-0.1, -0.05) is 30.7 Å². The number of nitrogens with one attached hydrogen (secondary N) is 1. The summed E-state index contributed by atoms with van der Waals surface area (Å²) in [5.74, 6) is 0. The molecule has 1 aliphatic rings. The summed E-state index contributed by atoms with van der Waals surface area (Å²) in [5, 5.41) is 3.30. The molecule has 1 aromatic carbocycles. The Bertz CT molecular complexity index is 608. The lowest BCUT2D eigenvalue weighted by atomic mass is 10.1. The van der Waals surface area contributed by atoms with Gasteiger partial charge in [0, 0.05) is 19.6 Å². The minimum absolute atomic E-state index is 0.395. The highest BCUT2D eigenvalue weighted by molar-refractivity contribution is 7.89. The van der Waals surface area contributed by atoms with Gasteiger partial charge < -0.3 is 5.32 Å². The van der Waals surface area contributed by atoms with Gasteiger partial charge in [0.25, 0.3) is 0 Å². The van der Waals surface area contributed by atoms with E-state index in [4.69, 9.17) is 0 Å². The van der Waals surface area contributed by atoms with Gasteiger partial charge in [-0.3, -0.25) is 0 Å². The Kier molecular flexibility index (Phi) is 5.56. The van der Waals surface area contributed by atoms with E-state index < -0.39 is 10.0 Å². The Morgan fingerprint density at radius 3 is 2.81 bits per heavy atom. The highest BCUT2D eigenvalue weighted by atomic mass is 32.2. The monoisotopic (exact) mass is 308 g/mol. The molecule has 1 heterocycles. The van der Waals surface area contributed by atoms with E-state index in [1.54, 1.807) is 16.4 Å². The second-order valence-electron chi connectivity index (χ2n) is 5.49. The average Bonchev–Trinajstić information content (AvgIpc) is 2.48. The van der Waals surface area contributed by atoms with Crippen molar-refractivity contribution < 1.29 is 8.42 Å². The molecule has 0 aliphatic carbocycles. The van der Waals surface area contributed by atoms with Crippen molar-refractivity contribution in [2.75, 3.05) is 19.6 Å². The molecule has 0 unspecified atom stereocenters. The fourth-order valence-corrected chi connectivity index (χ4v) is 3.80. The zero-order chi connectivity index (χ0) is 15.3. The van der Waals surface area contributed by atoms with Crippen LogP contribution in [0.5, 0.6) is 0 Å². The molecule has 0 amide bonds. The fourth-order valence-electron chi connectivity index (χ4n) is 2.34. The highest BCUT2D eigenvalue weighted by Crippen LogP contribution is 2.21. The van der Waals surface area contributed by atoms with Crippen molar-refractivity contribution in [2.24, 2.45) is 0 Å². The average molecular weight is 308 g/mol. The van der Waals surface area contributed by atoms with Crippen molar-refractivity contribution >= 4 is 10.0 Å². The molecule has 4 nitrogen and oxygen atoms in total. The second-order valence-corrected chi connectivity index (χ2v) is 7.43. The molecule has 0 saturated heterocycles. The summed E-state index contributed by atoms with van der Waals surface area (Å²) in [4.78, 5) is 0.395. The molecule has 21 heavy (non-hydrogen) atoms. The molecule has 0 radical (unpaired) electrons. The Labute approximate surface area is 127 Å². The molecule has 0 atom stereocenters. The Morgan fingerprint density at radius 2 is 2.14 bits per heavy atom. The highest BCUT2D eigenvalue weighted by Gasteiger charge is 2.25. The van der Waals surface area contributed by atoms with E-state index in [1.807, 2.05) is 25.1 Å². The van der Waals surface area contributed by atoms with Crippen molar-refractivity contribution in [3.05, 3.63) is 41.5 Å². The number of nitrogens with zero attached hydrogens (tertiary/aromatic N) is 1. The summed E-state index contributed by atoms with van der Waals surface area (Å²) < 4.78 is 26.9. The molecular formula is C16H24N2O2S. The van der Waals surface area contributed by atoms with Crippen molar-refractivity contribution in [2.45, 2.75) is 38.1 Å². The maximum absolute atomic E-state index is 12.7. The molecule has 0 saturated carbocycles. The van der Waals surface area contributed by atoms with E-state index in [0.717, 1.165) is 24.9 Å². The Hall–Kier alpha value is -1.17. The van der Waals surface area contributed by atoms with Gasteiger partial charge in [0.2, 0.25) is 10.0 Å². The van der Waals surface area contributed by atoms with Crippen molar-refractivity contribution in [3.8, 4) is 0 Å². The lowest BCUT2D eigenvalue weighted by molar-refractivity contribution is 0.431. The van der Waals surface area contributed by atoms with Gasteiger partial charge in [0.05, 0.1) is 4.90 Å². The van der Waals surface area contributed by atoms with Crippen LogP contribution in [0.15, 0.2) is 40.8 Å². The zero-order valence-electron chi connectivity index (χ0n) is 12.8. The number of hydrogen-bond acceptors (Lipinski definition) is 3. The third kappa shape index (κ3) is 4.15. The molecule has 0 bridgehead atoms. The van der Waals surface area contributed by atoms with E-state index in [-0.39, 0.29) is 0 Å². The van der Waals surface area contributed by atoms with E-state index in [2.05, 4.69) is 12.2 Å². The standard InChI is InChI=1S/C16H24N2O2S/c1-3-9-17-13-15-5-4-6-16(12-15)21(19,20)18-10-7-14(2)8-11-18/h4-7,12,17H,3,8-11,13H2,1-2H3. The zero-order valence-corrected chi connectivity index (χ0v) is 13.6. The molecular weight excluding hydrogens is 284 g/mol. The van der Waals surface area contributed by atoms with E-state index in [9.17, 15) is 8.42 Å². The summed E-state index contributed by atoms with van der Waals surface area (Å²) >= 11 is 0. The maximum atomic E-state index is 12.7. The molecule has 5 heteroatoms. The first-order chi connectivity index (χ1) is 10.0. The van der Waals surface area contributed by atoms with Crippen LogP contribution in [0.4, 0.5) is 0 Å². The third-order valence-corrected chi connectivity index (χ3v) is 5.55. The van der Waals surface area contributed by atoms with Crippen LogP contribution in [0.2, 0.25) is 0 Å². The van der Waals surface area contributed by atoms with Gasteiger partial charge in [0.15, 0.2) is 0 Å². The quantitative estimate of drug-likeness (QED) is 0.649. The van der Waals surface area contributed by atoms with Gasteiger partial charge in [-0.05, 0) is 44.0 Å². The summed E-state index contributed by atoms with van der Waals surface area (Å²) in [6, 6.07) is 7.25. The minimum Gasteiger partial charge on any atom is -0.313 e. The normalized spacial score (nSPS) is 16.8. The van der Waals surface area contributed by atoms with Crippen LogP contribution < -0.4 is 5.32 Å². The lowest BCUT2D eigenvalue weighted by Crippen LogP contribution is -2.34. The first-order valence-electron chi connectivity index (χ1n) is 7.49. The maximum Gasteiger partial charge on any atom is 0.243 e. The van der Waals surface area contributed by atoms with Crippen LogP contribution in [0.3, 0.4) is 0 Å². The molecule has 0 fully saturated rings. The largest absolute Gasteiger partial charge is 0.313 e. The van der Waals surface area contributed by atoms with Crippen LogP contribution in [0.1, 0.15) is 32.3 Å². The summed E-state index contributed by atoms with van der Waals surface area (Å²) in [5.41, 5.74) is 2.27.